The van der Waals surface area contributed by atoms with Crippen LogP contribution in [0, 0.1) is 0 Å². The molecule has 0 aliphatic carbocycles. The van der Waals surface area contributed by atoms with E-state index in [0.717, 1.165) is 24.4 Å². The van der Waals surface area contributed by atoms with E-state index in [1.54, 1.807) is 48.7 Å². The summed E-state index contributed by atoms with van der Waals surface area (Å²) in [6.07, 6.45) is 6.76. The van der Waals surface area contributed by atoms with Crippen LogP contribution in [0.5, 0.6) is 5.75 Å². The van der Waals surface area contributed by atoms with Crippen LogP contribution in [0.15, 0.2) is 61.3 Å². The van der Waals surface area contributed by atoms with Crippen LogP contribution in [0.1, 0.15) is 35.8 Å². The van der Waals surface area contributed by atoms with Crippen molar-refractivity contribution in [3.05, 3.63) is 72.4 Å². The fourth-order valence-corrected chi connectivity index (χ4v) is 3.36. The number of aromatic nitrogens is 3. The number of ether oxygens (including phenoxy) is 1. The van der Waals surface area contributed by atoms with E-state index < -0.39 is 0 Å². The minimum Gasteiger partial charge on any atom is -0.497 e. The Morgan fingerprint density at radius 1 is 1.21 bits per heavy atom. The van der Waals surface area contributed by atoms with Gasteiger partial charge in [-0.15, -0.1) is 0 Å². The van der Waals surface area contributed by atoms with E-state index >= 15 is 0 Å². The Hall–Kier alpha value is -3.19. The lowest BCUT2D eigenvalue weighted by molar-refractivity contribution is 0.0934. The van der Waals surface area contributed by atoms with Gasteiger partial charge in [-0.05, 0) is 42.9 Å². The highest BCUT2D eigenvalue weighted by Gasteiger charge is 2.20. The molecule has 1 aromatic carbocycles. The molecule has 1 amide bonds. The van der Waals surface area contributed by atoms with Crippen LogP contribution in [-0.4, -0.2) is 52.1 Å². The molecular weight excluding hydrogens is 366 g/mol. The maximum absolute atomic E-state index is 12.8. The maximum Gasteiger partial charge on any atom is 0.251 e. The predicted molar refractivity (Wildman–Crippen MR) is 112 cm³/mol. The van der Waals surface area contributed by atoms with E-state index in [9.17, 15) is 4.79 Å². The number of carbonyl (C=O) groups excluding carboxylic acids is 1. The number of carbonyl (C=O) groups is 1. The highest BCUT2D eigenvalue weighted by atomic mass is 16.5. The molecule has 1 atom stereocenters. The van der Waals surface area contributed by atoms with Crippen LogP contribution in [0.25, 0.3) is 5.82 Å². The molecule has 1 N–H and O–H groups in total. The highest BCUT2D eigenvalue weighted by molar-refractivity contribution is 5.94. The van der Waals surface area contributed by atoms with Gasteiger partial charge in [-0.2, -0.15) is 0 Å². The number of rotatable bonds is 9. The topological polar surface area (TPSA) is 72.3 Å². The molecule has 3 aromatic rings. The number of hydrogen-bond donors (Lipinski definition) is 1. The van der Waals surface area contributed by atoms with E-state index in [0.29, 0.717) is 17.9 Å². The maximum atomic E-state index is 12.8. The Morgan fingerprint density at radius 3 is 2.72 bits per heavy atom. The summed E-state index contributed by atoms with van der Waals surface area (Å²) in [5, 5.41) is 3.08. The van der Waals surface area contributed by atoms with Crippen LogP contribution in [0.4, 0.5) is 0 Å². The second-order valence-electron chi connectivity index (χ2n) is 6.60. The third-order valence-corrected chi connectivity index (χ3v) is 4.96. The Labute approximate surface area is 171 Å². The van der Waals surface area contributed by atoms with E-state index in [2.05, 4.69) is 40.1 Å². The number of nitrogens with zero attached hydrogens (tertiary/aromatic N) is 4. The molecule has 0 bridgehead atoms. The summed E-state index contributed by atoms with van der Waals surface area (Å²) >= 11 is 0. The van der Waals surface area contributed by atoms with E-state index in [1.165, 1.54) is 0 Å². The average molecular weight is 393 g/mol. The zero-order chi connectivity index (χ0) is 20.6. The van der Waals surface area contributed by atoms with Crippen molar-refractivity contribution in [1.29, 1.82) is 0 Å². The van der Waals surface area contributed by atoms with Gasteiger partial charge < -0.3 is 10.1 Å². The molecule has 152 valence electrons. The number of likely N-dealkylation sites (N-methyl/N-ethyl adjacent to an activating group) is 1. The van der Waals surface area contributed by atoms with Gasteiger partial charge in [0.1, 0.15) is 17.9 Å². The van der Waals surface area contributed by atoms with Crippen molar-refractivity contribution < 1.29 is 9.53 Å². The van der Waals surface area contributed by atoms with Gasteiger partial charge in [0.25, 0.3) is 5.91 Å². The van der Waals surface area contributed by atoms with Gasteiger partial charge in [0.05, 0.1) is 13.2 Å². The smallest absolute Gasteiger partial charge is 0.251 e. The molecule has 3 rings (SSSR count). The van der Waals surface area contributed by atoms with E-state index in [4.69, 9.17) is 4.74 Å². The fourth-order valence-electron chi connectivity index (χ4n) is 3.36. The Bertz CT molecular complexity index is 922. The molecule has 0 aliphatic heterocycles. The fraction of sp³-hybridized carbons (Fsp3) is 0.318. The number of hydrogen-bond acceptors (Lipinski definition) is 5. The summed E-state index contributed by atoms with van der Waals surface area (Å²) in [6, 6.07) is 11.5. The largest absolute Gasteiger partial charge is 0.497 e. The van der Waals surface area contributed by atoms with Gasteiger partial charge in [0.15, 0.2) is 0 Å². The first-order valence-corrected chi connectivity index (χ1v) is 9.76. The monoisotopic (exact) mass is 393 g/mol. The van der Waals surface area contributed by atoms with Crippen molar-refractivity contribution in [2.24, 2.45) is 0 Å². The molecule has 2 heterocycles. The van der Waals surface area contributed by atoms with Gasteiger partial charge >= 0.3 is 0 Å². The molecule has 0 spiro atoms. The predicted octanol–water partition coefficient (Wildman–Crippen LogP) is 3.09. The zero-order valence-corrected chi connectivity index (χ0v) is 17.1. The molecule has 0 aliphatic rings. The van der Waals surface area contributed by atoms with Gasteiger partial charge in [0, 0.05) is 30.7 Å². The SMILES string of the molecule is CCN(CC)[C@H](CNC(=O)c1ccnc(-n2ccnc2)c1)c1cccc(OC)c1. The molecule has 0 unspecified atom stereocenters. The number of nitrogens with one attached hydrogen (secondary N) is 1. The van der Waals surface area contributed by atoms with E-state index in [1.807, 2.05) is 18.2 Å². The Kier molecular flexibility index (Phi) is 6.97. The first-order valence-electron chi connectivity index (χ1n) is 9.76. The second kappa shape index (κ2) is 9.84. The number of amides is 1. The quantitative estimate of drug-likeness (QED) is 0.605. The number of methoxy groups -OCH3 is 1. The third-order valence-electron chi connectivity index (χ3n) is 4.96. The molecule has 0 radical (unpaired) electrons. The summed E-state index contributed by atoms with van der Waals surface area (Å²) in [7, 11) is 1.66. The van der Waals surface area contributed by atoms with E-state index in [-0.39, 0.29) is 11.9 Å². The summed E-state index contributed by atoms with van der Waals surface area (Å²) < 4.78 is 7.14. The minimum absolute atomic E-state index is 0.0546. The zero-order valence-electron chi connectivity index (χ0n) is 17.1. The third kappa shape index (κ3) is 5.00. The average Bonchev–Trinajstić information content (AvgIpc) is 3.31. The first kappa shape index (κ1) is 20.5. The summed E-state index contributed by atoms with van der Waals surface area (Å²) in [4.78, 5) is 23.5. The number of pyridine rings is 1. The second-order valence-corrected chi connectivity index (χ2v) is 6.60. The van der Waals surface area contributed by atoms with Crippen LogP contribution in [0.2, 0.25) is 0 Å². The van der Waals surface area contributed by atoms with Crippen molar-refractivity contribution in [2.45, 2.75) is 19.9 Å². The van der Waals surface area contributed by atoms with Crippen LogP contribution in [0.3, 0.4) is 0 Å². The number of imidazole rings is 1. The molecule has 2 aromatic heterocycles. The van der Waals surface area contributed by atoms with Crippen molar-refractivity contribution in [3.8, 4) is 11.6 Å². The van der Waals surface area contributed by atoms with Crippen molar-refractivity contribution in [3.63, 3.8) is 0 Å². The molecule has 29 heavy (non-hydrogen) atoms. The molecule has 0 saturated carbocycles. The molecule has 7 nitrogen and oxygen atoms in total. The molecule has 0 fully saturated rings. The molecule has 7 heteroatoms. The van der Waals surface area contributed by atoms with Crippen molar-refractivity contribution in [1.82, 2.24) is 24.8 Å². The van der Waals surface area contributed by atoms with Gasteiger partial charge in [-0.25, -0.2) is 9.97 Å². The lowest BCUT2D eigenvalue weighted by atomic mass is 10.0. The van der Waals surface area contributed by atoms with Gasteiger partial charge in [-0.3, -0.25) is 14.3 Å². The Balaban J connectivity index is 1.76. The Morgan fingerprint density at radius 2 is 2.03 bits per heavy atom. The van der Waals surface area contributed by atoms with Crippen LogP contribution >= 0.6 is 0 Å². The first-order chi connectivity index (χ1) is 14.2. The summed E-state index contributed by atoms with van der Waals surface area (Å²) in [5.41, 5.74) is 1.68. The van der Waals surface area contributed by atoms with Crippen LogP contribution < -0.4 is 10.1 Å². The lowest BCUT2D eigenvalue weighted by Gasteiger charge is -2.30. The highest BCUT2D eigenvalue weighted by Crippen LogP contribution is 2.24. The van der Waals surface area contributed by atoms with Gasteiger partial charge in [-0.1, -0.05) is 26.0 Å². The number of benzene rings is 1. The normalized spacial score (nSPS) is 12.0. The minimum atomic E-state index is -0.131. The lowest BCUT2D eigenvalue weighted by Crippen LogP contribution is -2.38. The van der Waals surface area contributed by atoms with Gasteiger partial charge in [0.2, 0.25) is 0 Å². The van der Waals surface area contributed by atoms with Crippen LogP contribution in [-0.2, 0) is 0 Å². The van der Waals surface area contributed by atoms with Crippen molar-refractivity contribution in [2.75, 3.05) is 26.7 Å². The van der Waals surface area contributed by atoms with Crippen molar-refractivity contribution >= 4 is 5.91 Å². The molecular formula is C22H27N5O2. The summed E-state index contributed by atoms with van der Waals surface area (Å²) in [5.74, 6) is 1.34. The standard InChI is InChI=1S/C22H27N5O2/c1-4-26(5-2)20(17-7-6-8-19(13-17)29-3)15-25-22(28)18-9-10-24-21(14-18)27-12-11-23-16-27/h6-14,16,20H,4-5,15H2,1-3H3,(H,25,28)/t20-/m1/s1. The summed E-state index contributed by atoms with van der Waals surface area (Å²) in [6.45, 7) is 6.51. The molecule has 0 saturated heterocycles.